The number of anilines is 4. The van der Waals surface area contributed by atoms with E-state index in [1.165, 1.54) is 12.1 Å². The molecule has 15 N–H and O–H groups in total. The molecule has 0 aliphatic carbocycles. The number of carboxylic acid groups (broad SMARTS) is 2. The largest absolute Gasteiger partial charge is 0.481 e. The van der Waals surface area contributed by atoms with Crippen LogP contribution in [0.5, 0.6) is 0 Å². The number of nitrogens with zero attached hydrogens (tertiary/aromatic N) is 1. The van der Waals surface area contributed by atoms with Crippen molar-refractivity contribution in [2.75, 3.05) is 41.4 Å². The number of carboxylic acids is 2. The van der Waals surface area contributed by atoms with Crippen LogP contribution in [0.4, 0.5) is 23.1 Å². The number of aliphatic hydroxyl groups excluding tert-OH is 4. The first-order valence-corrected chi connectivity index (χ1v) is 13.4. The number of carbonyl (C=O) groups is 3. The van der Waals surface area contributed by atoms with E-state index in [0.717, 1.165) is 0 Å². The highest BCUT2D eigenvalue weighted by atomic mass is 16.6. The molecule has 19 nitrogen and oxygen atoms in total. The van der Waals surface area contributed by atoms with E-state index in [0.29, 0.717) is 30.3 Å². The molecule has 2 aromatic rings. The number of aliphatic carboxylic acids is 2. The Hall–Kier alpha value is -4.53. The molecular formula is C25H36N8O11. The van der Waals surface area contributed by atoms with Gasteiger partial charge in [0.2, 0.25) is 5.95 Å². The highest BCUT2D eigenvalue weighted by molar-refractivity contribution is 5.97. The molecule has 0 saturated carbocycles. The summed E-state index contributed by atoms with van der Waals surface area (Å²) in [4.78, 5) is 52.6. The number of benzene rings is 1. The highest BCUT2D eigenvalue weighted by Crippen LogP contribution is 2.20. The second-order valence-electron chi connectivity index (χ2n) is 9.96. The molecule has 1 aromatic heterocycles. The molecule has 7 atom stereocenters. The number of ether oxygens (including phenoxy) is 1. The van der Waals surface area contributed by atoms with E-state index in [9.17, 15) is 29.4 Å². The fourth-order valence-corrected chi connectivity index (χ4v) is 4.22. The molecule has 2 aliphatic rings. The normalized spacial score (nSPS) is 24.7. The summed E-state index contributed by atoms with van der Waals surface area (Å²) in [6.45, 7) is 0.489. The third kappa shape index (κ3) is 8.99. The fourth-order valence-electron chi connectivity index (χ4n) is 4.22. The molecule has 19 heteroatoms. The number of rotatable bonds is 10. The molecule has 3 heterocycles. The lowest BCUT2D eigenvalue weighted by atomic mass is 9.98. The van der Waals surface area contributed by atoms with Crippen LogP contribution in [0.1, 0.15) is 23.2 Å². The number of nitrogens with one attached hydrogen (secondary N) is 5. The molecule has 1 saturated heterocycles. The Morgan fingerprint density at radius 1 is 1.11 bits per heavy atom. The monoisotopic (exact) mass is 624 g/mol. The number of H-pyrrole nitrogens is 1. The zero-order valence-corrected chi connectivity index (χ0v) is 23.2. The van der Waals surface area contributed by atoms with Gasteiger partial charge in [0.1, 0.15) is 30.0 Å². The van der Waals surface area contributed by atoms with Crippen LogP contribution in [0.15, 0.2) is 29.1 Å². The minimum atomic E-state index is -1.35. The number of aromatic amines is 1. The number of nitrogen functional groups attached to an aromatic ring is 1. The Bertz CT molecular complexity index is 1350. The summed E-state index contributed by atoms with van der Waals surface area (Å²) in [5, 5.41) is 65.6. The van der Waals surface area contributed by atoms with Crippen molar-refractivity contribution >= 4 is 41.0 Å². The third-order valence-corrected chi connectivity index (χ3v) is 6.70. The molecule has 1 aromatic carbocycles. The number of amides is 1. The van der Waals surface area contributed by atoms with Crippen LogP contribution in [0.3, 0.4) is 0 Å². The van der Waals surface area contributed by atoms with Crippen LogP contribution in [0, 0.1) is 0 Å². The number of hydrogen-bond acceptors (Lipinski definition) is 15. The second-order valence-corrected chi connectivity index (χ2v) is 9.96. The predicted octanol–water partition coefficient (Wildman–Crippen LogP) is -3.54. The standard InChI is InChI=1S/C19H23N7O6.C6H13NO5/c20-19-25-15-14(17(30)26-19)23-11(8-22-15)7-21-10-3-1-9(2-4-10)16(29)24-12(18(31)32)5-6-13(27)28;7-3-5(10)4(9)2(1-8)12-6(3)11/h1-4,11-12,21,23H,5-8H2,(H,24,29)(H,27,28)(H,31,32)(H4,20,22,25,26,30);2-6,8-11H,1,7H2/t11?,12-;2-,3-,4+,5-,6-/m01/s1. The Labute approximate surface area is 249 Å². The maximum atomic E-state index is 12.3. The summed E-state index contributed by atoms with van der Waals surface area (Å²) in [7, 11) is 0. The van der Waals surface area contributed by atoms with Crippen molar-refractivity contribution in [1.29, 1.82) is 0 Å². The van der Waals surface area contributed by atoms with Crippen molar-refractivity contribution in [1.82, 2.24) is 15.3 Å². The summed E-state index contributed by atoms with van der Waals surface area (Å²) < 4.78 is 4.70. The summed E-state index contributed by atoms with van der Waals surface area (Å²) in [6, 6.07) is 3.89. The SMILES string of the molecule is N[C@@H]1[C@@H](O)[C@@H](O)[C@@H](CO)O[C@H]1O.Nc1nc2c(c(=O)[nH]1)NC(CNc1ccc(C(=O)N[C@@H](CCC(=O)O)C(=O)O)cc1)CN2. The van der Waals surface area contributed by atoms with Gasteiger partial charge in [-0.25, -0.2) is 4.79 Å². The van der Waals surface area contributed by atoms with Crippen molar-refractivity contribution in [3.05, 3.63) is 40.2 Å². The number of fused-ring (bicyclic) bond motifs is 1. The third-order valence-electron chi connectivity index (χ3n) is 6.70. The molecule has 2 aliphatic heterocycles. The van der Waals surface area contributed by atoms with Gasteiger partial charge in [0.25, 0.3) is 11.5 Å². The number of aliphatic hydroxyl groups is 4. The lowest BCUT2D eigenvalue weighted by Crippen LogP contribution is -2.61. The molecule has 1 amide bonds. The molecule has 0 bridgehead atoms. The zero-order chi connectivity index (χ0) is 32.6. The fraction of sp³-hybridized carbons (Fsp3) is 0.480. The van der Waals surface area contributed by atoms with E-state index in [1.807, 2.05) is 0 Å². The van der Waals surface area contributed by atoms with Crippen molar-refractivity contribution in [3.63, 3.8) is 0 Å². The first-order chi connectivity index (χ1) is 20.8. The quantitative estimate of drug-likeness (QED) is 0.122. The average molecular weight is 625 g/mol. The van der Waals surface area contributed by atoms with Crippen LogP contribution < -0.4 is 38.3 Å². The van der Waals surface area contributed by atoms with Crippen LogP contribution in [0.2, 0.25) is 0 Å². The van der Waals surface area contributed by atoms with Gasteiger partial charge < -0.3 is 68.1 Å². The zero-order valence-electron chi connectivity index (χ0n) is 23.2. The van der Waals surface area contributed by atoms with Gasteiger partial charge in [-0.1, -0.05) is 0 Å². The van der Waals surface area contributed by atoms with E-state index in [1.54, 1.807) is 12.1 Å². The predicted molar refractivity (Wildman–Crippen MR) is 154 cm³/mol. The van der Waals surface area contributed by atoms with E-state index < -0.39 is 61.1 Å². The Balaban J connectivity index is 0.000000369. The van der Waals surface area contributed by atoms with Gasteiger partial charge in [0.15, 0.2) is 12.1 Å². The summed E-state index contributed by atoms with van der Waals surface area (Å²) in [5.74, 6) is -2.64. The van der Waals surface area contributed by atoms with Crippen LogP contribution >= 0.6 is 0 Å². The van der Waals surface area contributed by atoms with Crippen LogP contribution in [-0.2, 0) is 14.3 Å². The summed E-state index contributed by atoms with van der Waals surface area (Å²) in [5.41, 5.74) is 11.7. The number of hydrogen-bond donors (Lipinski definition) is 13. The maximum absolute atomic E-state index is 12.3. The van der Waals surface area contributed by atoms with Crippen LogP contribution in [-0.4, -0.2) is 121 Å². The smallest absolute Gasteiger partial charge is 0.326 e. The lowest BCUT2D eigenvalue weighted by Gasteiger charge is -2.38. The topological polar surface area (TPSA) is 328 Å². The Kier molecular flexibility index (Phi) is 11.8. The number of aromatic nitrogens is 2. The van der Waals surface area contributed by atoms with Crippen molar-refractivity contribution in [2.24, 2.45) is 5.73 Å². The molecule has 242 valence electrons. The number of carbonyl (C=O) groups excluding carboxylic acids is 1. The molecule has 1 fully saturated rings. The molecular weight excluding hydrogens is 588 g/mol. The molecule has 1 unspecified atom stereocenters. The van der Waals surface area contributed by atoms with Crippen molar-refractivity contribution < 1.29 is 49.8 Å². The molecule has 4 rings (SSSR count). The van der Waals surface area contributed by atoms with Gasteiger partial charge in [-0.05, 0) is 30.7 Å². The summed E-state index contributed by atoms with van der Waals surface area (Å²) >= 11 is 0. The van der Waals surface area contributed by atoms with Crippen molar-refractivity contribution in [2.45, 2.75) is 55.6 Å². The molecule has 0 radical (unpaired) electrons. The van der Waals surface area contributed by atoms with Gasteiger partial charge in [-0.3, -0.25) is 19.4 Å². The molecule has 0 spiro atoms. The second kappa shape index (κ2) is 15.3. The Morgan fingerprint density at radius 3 is 2.41 bits per heavy atom. The first-order valence-electron chi connectivity index (χ1n) is 13.4. The van der Waals surface area contributed by atoms with Gasteiger partial charge in [0.05, 0.1) is 18.7 Å². The first kappa shape index (κ1) is 34.0. The maximum Gasteiger partial charge on any atom is 0.326 e. The lowest BCUT2D eigenvalue weighted by molar-refractivity contribution is -0.248. The van der Waals surface area contributed by atoms with Crippen molar-refractivity contribution in [3.8, 4) is 0 Å². The van der Waals surface area contributed by atoms with E-state index in [-0.39, 0.29) is 36.0 Å². The van der Waals surface area contributed by atoms with Gasteiger partial charge in [-0.15, -0.1) is 0 Å². The van der Waals surface area contributed by atoms with Crippen LogP contribution in [0.25, 0.3) is 0 Å². The average Bonchev–Trinajstić information content (AvgIpc) is 2.99. The number of nitrogens with two attached hydrogens (primary N) is 2. The van der Waals surface area contributed by atoms with Gasteiger partial charge >= 0.3 is 11.9 Å². The van der Waals surface area contributed by atoms with Gasteiger partial charge in [0, 0.05) is 30.8 Å². The van der Waals surface area contributed by atoms with E-state index in [4.69, 9.17) is 36.6 Å². The van der Waals surface area contributed by atoms with E-state index >= 15 is 0 Å². The minimum absolute atomic E-state index is 0.0281. The highest BCUT2D eigenvalue weighted by Gasteiger charge is 2.41. The van der Waals surface area contributed by atoms with Gasteiger partial charge in [-0.2, -0.15) is 4.98 Å². The van der Waals surface area contributed by atoms with E-state index in [2.05, 4.69) is 31.2 Å². The minimum Gasteiger partial charge on any atom is -0.481 e. The summed E-state index contributed by atoms with van der Waals surface area (Å²) in [6.07, 6.45) is -5.44. The molecule has 44 heavy (non-hydrogen) atoms. The Morgan fingerprint density at radius 2 is 1.80 bits per heavy atom.